The minimum atomic E-state index is -0.380. The molecule has 0 aliphatic carbocycles. The van der Waals surface area contributed by atoms with E-state index in [0.717, 1.165) is 16.7 Å². The Morgan fingerprint density at radius 3 is 2.55 bits per heavy atom. The molecule has 6 heteroatoms. The van der Waals surface area contributed by atoms with E-state index in [1.54, 1.807) is 23.1 Å². The highest BCUT2D eigenvalue weighted by molar-refractivity contribution is 6.32. The maximum absolute atomic E-state index is 13.1. The molecule has 0 saturated heterocycles. The molecule has 1 N–H and O–H groups in total. The number of benzene rings is 3. The fourth-order valence-corrected chi connectivity index (χ4v) is 4.11. The van der Waals surface area contributed by atoms with E-state index in [0.29, 0.717) is 28.6 Å². The molecule has 3 aromatic rings. The lowest BCUT2D eigenvalue weighted by molar-refractivity contribution is -0.117. The summed E-state index contributed by atoms with van der Waals surface area (Å²) < 4.78 is 5.16. The predicted molar refractivity (Wildman–Crippen MR) is 121 cm³/mol. The Morgan fingerprint density at radius 2 is 1.87 bits per heavy atom. The van der Waals surface area contributed by atoms with Gasteiger partial charge >= 0.3 is 0 Å². The van der Waals surface area contributed by atoms with E-state index in [9.17, 15) is 9.59 Å². The SMILES string of the molecule is COc1ccc(NC(=O)CC(c2ccc(C)cc2)N2Cc3ccccc3C2=O)cc1Cl. The molecule has 5 nitrogen and oxygen atoms in total. The van der Waals surface area contributed by atoms with Gasteiger partial charge < -0.3 is 15.0 Å². The largest absolute Gasteiger partial charge is 0.495 e. The number of carbonyl (C=O) groups is 2. The van der Waals surface area contributed by atoms with Gasteiger partial charge in [0.05, 0.1) is 24.6 Å². The summed E-state index contributed by atoms with van der Waals surface area (Å²) in [5.41, 5.74) is 4.30. The van der Waals surface area contributed by atoms with Crippen LogP contribution < -0.4 is 10.1 Å². The van der Waals surface area contributed by atoms with Gasteiger partial charge in [-0.25, -0.2) is 0 Å². The third-order valence-corrected chi connectivity index (χ3v) is 5.80. The highest BCUT2D eigenvalue weighted by Gasteiger charge is 2.34. The standard InChI is InChI=1S/C25H23ClN2O3/c1-16-7-9-17(10-8-16)22(28-15-18-5-3-4-6-20(18)25(28)30)14-24(29)27-19-11-12-23(31-2)21(26)13-19/h3-13,22H,14-15H2,1-2H3,(H,27,29). The van der Waals surface area contributed by atoms with Crippen molar-refractivity contribution in [3.63, 3.8) is 0 Å². The fourth-order valence-electron chi connectivity index (χ4n) is 3.86. The third kappa shape index (κ3) is 4.42. The van der Waals surface area contributed by atoms with E-state index >= 15 is 0 Å². The first-order valence-corrected chi connectivity index (χ1v) is 10.4. The maximum Gasteiger partial charge on any atom is 0.255 e. The number of anilines is 1. The molecule has 3 aromatic carbocycles. The van der Waals surface area contributed by atoms with Crippen molar-refractivity contribution >= 4 is 29.1 Å². The number of methoxy groups -OCH3 is 1. The van der Waals surface area contributed by atoms with Crippen LogP contribution in [0.15, 0.2) is 66.7 Å². The quantitative estimate of drug-likeness (QED) is 0.566. The molecule has 1 unspecified atom stereocenters. The molecular formula is C25H23ClN2O3. The summed E-state index contributed by atoms with van der Waals surface area (Å²) in [7, 11) is 1.54. The Morgan fingerprint density at radius 1 is 1.13 bits per heavy atom. The van der Waals surface area contributed by atoms with Gasteiger partial charge in [-0.05, 0) is 42.3 Å². The van der Waals surface area contributed by atoms with Crippen molar-refractivity contribution < 1.29 is 14.3 Å². The van der Waals surface area contributed by atoms with Gasteiger partial charge in [-0.2, -0.15) is 0 Å². The third-order valence-electron chi connectivity index (χ3n) is 5.50. The van der Waals surface area contributed by atoms with Crippen LogP contribution in [-0.4, -0.2) is 23.8 Å². The van der Waals surface area contributed by atoms with Gasteiger partial charge in [0.25, 0.3) is 5.91 Å². The first kappa shape index (κ1) is 20.9. The lowest BCUT2D eigenvalue weighted by atomic mass is 10.00. The van der Waals surface area contributed by atoms with Crippen molar-refractivity contribution in [3.8, 4) is 5.75 Å². The number of hydrogen-bond acceptors (Lipinski definition) is 3. The smallest absolute Gasteiger partial charge is 0.255 e. The number of nitrogens with one attached hydrogen (secondary N) is 1. The lowest BCUT2D eigenvalue weighted by Gasteiger charge is -2.28. The first-order chi connectivity index (χ1) is 15.0. The number of aryl methyl sites for hydroxylation is 1. The maximum atomic E-state index is 13.1. The van der Waals surface area contributed by atoms with Gasteiger partial charge in [-0.3, -0.25) is 9.59 Å². The lowest BCUT2D eigenvalue weighted by Crippen LogP contribution is -2.32. The molecule has 0 radical (unpaired) electrons. The van der Waals surface area contributed by atoms with E-state index in [4.69, 9.17) is 16.3 Å². The van der Waals surface area contributed by atoms with Crippen LogP contribution in [0.3, 0.4) is 0 Å². The molecule has 0 bridgehead atoms. The second kappa shape index (κ2) is 8.82. The molecule has 1 heterocycles. The summed E-state index contributed by atoms with van der Waals surface area (Å²) in [6, 6.07) is 20.2. The summed E-state index contributed by atoms with van der Waals surface area (Å²) in [5, 5.41) is 3.31. The minimum absolute atomic E-state index is 0.0542. The van der Waals surface area contributed by atoms with Gasteiger partial charge in [0.1, 0.15) is 5.75 Å². The molecule has 1 aliphatic rings. The summed E-state index contributed by atoms with van der Waals surface area (Å²) in [6.45, 7) is 2.49. The number of fused-ring (bicyclic) bond motifs is 1. The summed E-state index contributed by atoms with van der Waals surface area (Å²) in [4.78, 5) is 27.8. The van der Waals surface area contributed by atoms with E-state index in [1.807, 2.05) is 55.5 Å². The van der Waals surface area contributed by atoms with Crippen LogP contribution in [0.25, 0.3) is 0 Å². The molecule has 4 rings (SSSR count). The normalized spacial score (nSPS) is 13.6. The van der Waals surface area contributed by atoms with E-state index in [1.165, 1.54) is 7.11 Å². The Bertz CT molecular complexity index is 1130. The van der Waals surface area contributed by atoms with Crippen LogP contribution in [0.4, 0.5) is 5.69 Å². The molecule has 31 heavy (non-hydrogen) atoms. The fraction of sp³-hybridized carbons (Fsp3) is 0.200. The number of nitrogens with zero attached hydrogens (tertiary/aromatic N) is 1. The van der Waals surface area contributed by atoms with Gasteiger partial charge in [0, 0.05) is 17.8 Å². The van der Waals surface area contributed by atoms with Crippen LogP contribution in [0.5, 0.6) is 5.75 Å². The van der Waals surface area contributed by atoms with E-state index in [2.05, 4.69) is 5.32 Å². The summed E-state index contributed by atoms with van der Waals surface area (Å²) >= 11 is 6.17. The average molecular weight is 435 g/mol. The second-order valence-electron chi connectivity index (χ2n) is 7.62. The topological polar surface area (TPSA) is 58.6 Å². The monoisotopic (exact) mass is 434 g/mol. The zero-order valence-electron chi connectivity index (χ0n) is 17.4. The molecular weight excluding hydrogens is 412 g/mol. The number of halogens is 1. The van der Waals surface area contributed by atoms with Crippen LogP contribution in [0.1, 0.15) is 39.5 Å². The van der Waals surface area contributed by atoms with Crippen molar-refractivity contribution in [1.82, 2.24) is 4.90 Å². The highest BCUT2D eigenvalue weighted by Crippen LogP contribution is 2.34. The van der Waals surface area contributed by atoms with Gasteiger partial charge in [0.15, 0.2) is 0 Å². The molecule has 0 saturated carbocycles. The van der Waals surface area contributed by atoms with Crippen LogP contribution >= 0.6 is 11.6 Å². The summed E-state index contributed by atoms with van der Waals surface area (Å²) in [6.07, 6.45) is 0.131. The average Bonchev–Trinajstić information content (AvgIpc) is 3.09. The molecule has 0 fully saturated rings. The van der Waals surface area contributed by atoms with Crippen molar-refractivity contribution in [3.05, 3.63) is 94.0 Å². The summed E-state index contributed by atoms with van der Waals surface area (Å²) in [5.74, 6) is 0.287. The van der Waals surface area contributed by atoms with E-state index < -0.39 is 0 Å². The Hall–Kier alpha value is -3.31. The molecule has 1 aliphatic heterocycles. The molecule has 1 atom stereocenters. The number of ether oxygens (including phenoxy) is 1. The van der Waals surface area contributed by atoms with Gasteiger partial charge in [0.2, 0.25) is 5.91 Å². The number of carbonyl (C=O) groups excluding carboxylic acids is 2. The van der Waals surface area contributed by atoms with Crippen LogP contribution in [-0.2, 0) is 11.3 Å². The molecule has 158 valence electrons. The van der Waals surface area contributed by atoms with Crippen molar-refractivity contribution in [1.29, 1.82) is 0 Å². The molecule has 0 aromatic heterocycles. The molecule has 0 spiro atoms. The Kier molecular flexibility index (Phi) is 5.96. The number of rotatable bonds is 6. The Labute approximate surface area is 186 Å². The first-order valence-electron chi connectivity index (χ1n) is 10.0. The minimum Gasteiger partial charge on any atom is -0.495 e. The van der Waals surface area contributed by atoms with Crippen molar-refractivity contribution in [2.24, 2.45) is 0 Å². The predicted octanol–water partition coefficient (Wildman–Crippen LogP) is 5.38. The zero-order chi connectivity index (χ0) is 22.0. The number of amides is 2. The highest BCUT2D eigenvalue weighted by atomic mass is 35.5. The van der Waals surface area contributed by atoms with Crippen molar-refractivity contribution in [2.75, 3.05) is 12.4 Å². The van der Waals surface area contributed by atoms with Gasteiger partial charge in [-0.15, -0.1) is 0 Å². The van der Waals surface area contributed by atoms with E-state index in [-0.39, 0.29) is 24.3 Å². The van der Waals surface area contributed by atoms with Gasteiger partial charge in [-0.1, -0.05) is 59.6 Å². The number of hydrogen-bond donors (Lipinski definition) is 1. The zero-order valence-corrected chi connectivity index (χ0v) is 18.1. The van der Waals surface area contributed by atoms with Crippen LogP contribution in [0.2, 0.25) is 5.02 Å². The second-order valence-corrected chi connectivity index (χ2v) is 8.03. The Balaban J connectivity index is 1.58. The molecule has 2 amide bonds. The van der Waals surface area contributed by atoms with Crippen LogP contribution in [0, 0.1) is 6.92 Å². The van der Waals surface area contributed by atoms with Crippen molar-refractivity contribution in [2.45, 2.75) is 25.9 Å².